The van der Waals surface area contributed by atoms with Gasteiger partial charge in [0, 0.05) is 17.5 Å². The monoisotopic (exact) mass is 531 g/mol. The average Bonchev–Trinajstić information content (AvgIpc) is 3.50. The number of aromatic nitrogens is 1. The standard InChI is InChI=1S/C28H28F3NO6/c1-15(34)26(2,3)24-9-17-8-16(20(29)12-21(17)32(24)13-19(35)14-33)10-25(36)27(6-7-27)18-4-5-22-23(11-18)38-28(30,31)37-22/h4-5,8-9,11-12,19,33-35H,1,6-7,10,13-14H2,2-3H3/t19-/m1/s1. The summed E-state index contributed by atoms with van der Waals surface area (Å²) in [5.41, 5.74) is -0.225. The fraction of sp³-hybridized carbons (Fsp3) is 0.393. The van der Waals surface area contributed by atoms with Crippen LogP contribution in [0.25, 0.3) is 10.9 Å². The fourth-order valence-electron chi connectivity index (χ4n) is 5.04. The number of hydrogen-bond acceptors (Lipinski definition) is 6. The molecule has 0 radical (unpaired) electrons. The molecule has 2 aromatic carbocycles. The molecule has 1 aromatic heterocycles. The van der Waals surface area contributed by atoms with Gasteiger partial charge in [0.1, 0.15) is 11.6 Å². The molecule has 0 amide bonds. The topological polar surface area (TPSA) is 101 Å². The Morgan fingerprint density at radius 3 is 2.47 bits per heavy atom. The molecule has 2 heterocycles. The van der Waals surface area contributed by atoms with E-state index in [1.165, 1.54) is 18.2 Å². The van der Waals surface area contributed by atoms with Gasteiger partial charge in [0.2, 0.25) is 0 Å². The van der Waals surface area contributed by atoms with Crippen LogP contribution in [0.2, 0.25) is 0 Å². The van der Waals surface area contributed by atoms with E-state index >= 15 is 4.39 Å². The van der Waals surface area contributed by atoms with Gasteiger partial charge in [0.05, 0.1) is 41.4 Å². The van der Waals surface area contributed by atoms with Crippen molar-refractivity contribution in [1.29, 1.82) is 0 Å². The molecule has 2 aliphatic rings. The lowest BCUT2D eigenvalue weighted by Gasteiger charge is -2.26. The van der Waals surface area contributed by atoms with Crippen molar-refractivity contribution in [2.24, 2.45) is 0 Å². The molecule has 0 saturated heterocycles. The summed E-state index contributed by atoms with van der Waals surface area (Å²) in [4.78, 5) is 13.4. The van der Waals surface area contributed by atoms with Gasteiger partial charge >= 0.3 is 6.29 Å². The van der Waals surface area contributed by atoms with Crippen LogP contribution in [-0.2, 0) is 28.6 Å². The van der Waals surface area contributed by atoms with Gasteiger partial charge in [-0.25, -0.2) is 4.39 Å². The molecule has 1 aliphatic heterocycles. The highest BCUT2D eigenvalue weighted by atomic mass is 19.3. The molecular weight excluding hydrogens is 503 g/mol. The van der Waals surface area contributed by atoms with Crippen LogP contribution in [0, 0.1) is 5.82 Å². The van der Waals surface area contributed by atoms with Crippen molar-refractivity contribution in [3.8, 4) is 11.5 Å². The number of carbonyl (C=O) groups is 1. The number of allylic oxidation sites excluding steroid dienone is 1. The van der Waals surface area contributed by atoms with E-state index in [1.807, 2.05) is 0 Å². The largest absolute Gasteiger partial charge is 0.586 e. The second-order valence-corrected chi connectivity index (χ2v) is 10.6. The molecule has 38 heavy (non-hydrogen) atoms. The molecule has 1 atom stereocenters. The molecule has 3 aromatic rings. The molecule has 1 fully saturated rings. The van der Waals surface area contributed by atoms with Crippen LogP contribution in [0.15, 0.2) is 48.7 Å². The van der Waals surface area contributed by atoms with Crippen LogP contribution < -0.4 is 9.47 Å². The summed E-state index contributed by atoms with van der Waals surface area (Å²) in [6.45, 7) is 6.54. The summed E-state index contributed by atoms with van der Waals surface area (Å²) < 4.78 is 52.8. The zero-order chi connectivity index (χ0) is 27.6. The minimum atomic E-state index is -3.76. The van der Waals surface area contributed by atoms with E-state index in [0.717, 1.165) is 0 Å². The normalized spacial score (nSPS) is 18.0. The van der Waals surface area contributed by atoms with Gasteiger partial charge in [0.25, 0.3) is 0 Å². The van der Waals surface area contributed by atoms with Gasteiger partial charge < -0.3 is 29.4 Å². The highest BCUT2D eigenvalue weighted by Gasteiger charge is 2.52. The van der Waals surface area contributed by atoms with Gasteiger partial charge in [0.15, 0.2) is 11.5 Å². The molecule has 1 aliphatic carbocycles. The van der Waals surface area contributed by atoms with Gasteiger partial charge in [-0.15, -0.1) is 8.78 Å². The number of ether oxygens (including phenoxy) is 2. The number of ketones is 1. The van der Waals surface area contributed by atoms with Gasteiger partial charge in [-0.3, -0.25) is 4.79 Å². The van der Waals surface area contributed by atoms with Crippen LogP contribution in [0.1, 0.15) is 43.5 Å². The Morgan fingerprint density at radius 2 is 1.84 bits per heavy atom. The summed E-state index contributed by atoms with van der Waals surface area (Å²) in [5.74, 6) is -1.27. The molecule has 0 bridgehead atoms. The van der Waals surface area contributed by atoms with E-state index in [-0.39, 0.29) is 41.6 Å². The minimum absolute atomic E-state index is 0.0456. The SMILES string of the molecule is C=C(O)C(C)(C)c1cc2cc(CC(=O)C3(c4ccc5c(c4)OC(F)(F)O5)CC3)c(F)cc2n1C[C@@H](O)CO. The van der Waals surface area contributed by atoms with Crippen LogP contribution >= 0.6 is 0 Å². The number of hydrogen-bond donors (Lipinski definition) is 3. The average molecular weight is 532 g/mol. The van der Waals surface area contributed by atoms with Crippen molar-refractivity contribution >= 4 is 16.7 Å². The highest BCUT2D eigenvalue weighted by molar-refractivity contribution is 5.95. The number of benzene rings is 2. The third-order valence-corrected chi connectivity index (χ3v) is 7.62. The van der Waals surface area contributed by atoms with Gasteiger partial charge in [-0.2, -0.15) is 0 Å². The first kappa shape index (κ1) is 26.1. The van der Waals surface area contributed by atoms with Crippen LogP contribution in [0.5, 0.6) is 11.5 Å². The number of alkyl halides is 2. The highest BCUT2D eigenvalue weighted by Crippen LogP contribution is 2.52. The maximum absolute atomic E-state index is 15.4. The fourth-order valence-corrected chi connectivity index (χ4v) is 5.04. The number of nitrogens with zero attached hydrogens (tertiary/aromatic N) is 1. The Labute approximate surface area is 216 Å². The second kappa shape index (κ2) is 8.78. The number of aliphatic hydroxyl groups excluding tert-OH is 3. The van der Waals surface area contributed by atoms with Crippen molar-refractivity contribution < 1.29 is 42.8 Å². The Bertz CT molecular complexity index is 1460. The summed E-state index contributed by atoms with van der Waals surface area (Å²) in [6.07, 6.45) is -4.11. The molecule has 5 rings (SSSR count). The van der Waals surface area contributed by atoms with E-state index in [4.69, 9.17) is 0 Å². The zero-order valence-corrected chi connectivity index (χ0v) is 20.9. The first-order valence-electron chi connectivity index (χ1n) is 12.2. The molecule has 202 valence electrons. The lowest BCUT2D eigenvalue weighted by atomic mass is 9.87. The predicted octanol–water partition coefficient (Wildman–Crippen LogP) is 4.65. The lowest BCUT2D eigenvalue weighted by Crippen LogP contribution is -2.28. The summed E-state index contributed by atoms with van der Waals surface area (Å²) >= 11 is 0. The van der Waals surface area contributed by atoms with E-state index < -0.39 is 35.7 Å². The predicted molar refractivity (Wildman–Crippen MR) is 132 cm³/mol. The Balaban J connectivity index is 1.48. The number of rotatable bonds is 9. The van der Waals surface area contributed by atoms with Crippen LogP contribution in [0.3, 0.4) is 0 Å². The van der Waals surface area contributed by atoms with Crippen molar-refractivity contribution in [3.63, 3.8) is 0 Å². The Hall–Kier alpha value is -3.50. The summed E-state index contributed by atoms with van der Waals surface area (Å²) in [6, 6.07) is 8.83. The maximum atomic E-state index is 15.4. The molecular formula is C28H28F3NO6. The van der Waals surface area contributed by atoms with Crippen LogP contribution in [-0.4, -0.2) is 44.7 Å². The molecule has 1 saturated carbocycles. The van der Waals surface area contributed by atoms with Crippen molar-refractivity contribution in [2.75, 3.05) is 6.61 Å². The zero-order valence-electron chi connectivity index (χ0n) is 20.9. The summed E-state index contributed by atoms with van der Waals surface area (Å²) in [7, 11) is 0. The first-order valence-corrected chi connectivity index (χ1v) is 12.2. The van der Waals surface area contributed by atoms with E-state index in [9.17, 15) is 28.9 Å². The third-order valence-electron chi connectivity index (χ3n) is 7.62. The lowest BCUT2D eigenvalue weighted by molar-refractivity contribution is -0.286. The molecule has 3 N–H and O–H groups in total. The second-order valence-electron chi connectivity index (χ2n) is 10.6. The Kier molecular flexibility index (Phi) is 6.03. The maximum Gasteiger partial charge on any atom is 0.586 e. The van der Waals surface area contributed by atoms with Crippen molar-refractivity contribution in [3.05, 3.63) is 71.4 Å². The molecule has 0 spiro atoms. The molecule has 0 unspecified atom stereocenters. The van der Waals surface area contributed by atoms with Gasteiger partial charge in [-0.1, -0.05) is 12.6 Å². The number of aliphatic hydroxyl groups is 3. The van der Waals surface area contributed by atoms with Gasteiger partial charge in [-0.05, 0) is 68.1 Å². The first-order chi connectivity index (χ1) is 17.8. The smallest absolute Gasteiger partial charge is 0.512 e. The van der Waals surface area contributed by atoms with E-state index in [2.05, 4.69) is 16.1 Å². The molecule has 7 nitrogen and oxygen atoms in total. The van der Waals surface area contributed by atoms with Crippen molar-refractivity contribution in [2.45, 2.75) is 62.9 Å². The van der Waals surface area contributed by atoms with E-state index in [0.29, 0.717) is 35.0 Å². The summed E-state index contributed by atoms with van der Waals surface area (Å²) in [5, 5.41) is 30.2. The number of Topliss-reactive ketones (excluding diaryl/α,β-unsaturated/α-hetero) is 1. The number of fused-ring (bicyclic) bond motifs is 2. The quantitative estimate of drug-likeness (QED) is 0.348. The van der Waals surface area contributed by atoms with Crippen LogP contribution in [0.4, 0.5) is 13.2 Å². The minimum Gasteiger partial charge on any atom is -0.512 e. The van der Waals surface area contributed by atoms with Crippen molar-refractivity contribution in [1.82, 2.24) is 4.57 Å². The number of halogens is 3. The molecule has 10 heteroatoms. The third kappa shape index (κ3) is 4.31. The van der Waals surface area contributed by atoms with E-state index in [1.54, 1.807) is 36.6 Å². The number of carbonyl (C=O) groups excluding carboxylic acids is 1. The Morgan fingerprint density at radius 1 is 1.16 bits per heavy atom.